The lowest BCUT2D eigenvalue weighted by Gasteiger charge is -2.28. The molecule has 22 heavy (non-hydrogen) atoms. The summed E-state index contributed by atoms with van der Waals surface area (Å²) in [5, 5.41) is 7.77. The average molecular weight is 304 g/mol. The Morgan fingerprint density at radius 1 is 1.50 bits per heavy atom. The predicted octanol–water partition coefficient (Wildman–Crippen LogP) is 1.85. The third-order valence-corrected chi connectivity index (χ3v) is 5.06. The number of hydrogen-bond acceptors (Lipinski definition) is 3. The van der Waals surface area contributed by atoms with Crippen LogP contribution in [0.15, 0.2) is 6.07 Å². The minimum atomic E-state index is -0.166. The lowest BCUT2D eigenvalue weighted by molar-refractivity contribution is 0.0484. The Balaban J connectivity index is 1.36. The smallest absolute Gasteiger partial charge is 0.318 e. The van der Waals surface area contributed by atoms with Crippen molar-refractivity contribution in [1.82, 2.24) is 20.0 Å². The molecule has 2 aliphatic carbocycles. The van der Waals surface area contributed by atoms with Crippen molar-refractivity contribution < 1.29 is 9.53 Å². The van der Waals surface area contributed by atoms with E-state index in [1.165, 1.54) is 18.5 Å². The SMILES string of the molecule is CCO[C@@]1(C)C[C@H]1NC(=O)N1CCn2nc(C3CC3)cc2C1. The second-order valence-corrected chi connectivity index (χ2v) is 6.93. The molecule has 120 valence electrons. The van der Waals surface area contributed by atoms with Crippen molar-refractivity contribution >= 4 is 6.03 Å². The standard InChI is InChI=1S/C16H24N4O2/c1-3-22-16(2)9-14(16)17-15(21)19-6-7-20-12(10-19)8-13(18-20)11-4-5-11/h8,11,14H,3-7,9-10H2,1-2H3,(H,17,21)/t14-,16+/m1/s1. The third-order valence-electron chi connectivity index (χ3n) is 5.06. The van der Waals surface area contributed by atoms with Crippen LogP contribution < -0.4 is 5.32 Å². The molecule has 1 aromatic rings. The maximum atomic E-state index is 12.4. The van der Waals surface area contributed by atoms with Crippen molar-refractivity contribution in [3.63, 3.8) is 0 Å². The molecule has 0 spiro atoms. The first-order chi connectivity index (χ1) is 10.6. The van der Waals surface area contributed by atoms with Gasteiger partial charge in [0.25, 0.3) is 0 Å². The molecule has 4 rings (SSSR count). The highest BCUT2D eigenvalue weighted by atomic mass is 16.5. The maximum Gasteiger partial charge on any atom is 0.318 e. The lowest BCUT2D eigenvalue weighted by Crippen LogP contribution is -2.46. The van der Waals surface area contributed by atoms with E-state index in [2.05, 4.69) is 28.1 Å². The van der Waals surface area contributed by atoms with Gasteiger partial charge in [-0.25, -0.2) is 4.79 Å². The number of nitrogens with zero attached hydrogens (tertiary/aromatic N) is 3. The van der Waals surface area contributed by atoms with Gasteiger partial charge in [0.05, 0.1) is 36.1 Å². The summed E-state index contributed by atoms with van der Waals surface area (Å²) in [6.45, 7) is 6.92. The molecule has 0 aromatic carbocycles. The number of urea groups is 1. The van der Waals surface area contributed by atoms with Gasteiger partial charge in [-0.05, 0) is 32.8 Å². The number of carbonyl (C=O) groups is 1. The van der Waals surface area contributed by atoms with Gasteiger partial charge in [0.2, 0.25) is 0 Å². The van der Waals surface area contributed by atoms with Crippen molar-refractivity contribution in [2.45, 2.75) is 63.8 Å². The number of rotatable bonds is 4. The van der Waals surface area contributed by atoms with Crippen LogP contribution in [0.4, 0.5) is 4.79 Å². The molecule has 1 aliphatic heterocycles. The molecule has 6 nitrogen and oxygen atoms in total. The topological polar surface area (TPSA) is 59.4 Å². The number of amides is 2. The van der Waals surface area contributed by atoms with Gasteiger partial charge in [-0.3, -0.25) is 4.68 Å². The van der Waals surface area contributed by atoms with Crippen LogP contribution in [0.5, 0.6) is 0 Å². The van der Waals surface area contributed by atoms with Crippen LogP contribution in [0.25, 0.3) is 0 Å². The number of carbonyl (C=O) groups excluding carboxylic acids is 1. The molecule has 2 fully saturated rings. The quantitative estimate of drug-likeness (QED) is 0.923. The van der Waals surface area contributed by atoms with Crippen molar-refractivity contribution in [3.8, 4) is 0 Å². The normalized spacial score (nSPS) is 30.1. The zero-order chi connectivity index (χ0) is 15.3. The summed E-state index contributed by atoms with van der Waals surface area (Å²) in [6.07, 6.45) is 3.43. The Bertz CT molecular complexity index is 595. The van der Waals surface area contributed by atoms with Crippen LogP contribution in [0.3, 0.4) is 0 Å². The van der Waals surface area contributed by atoms with Gasteiger partial charge >= 0.3 is 6.03 Å². The molecule has 0 unspecified atom stereocenters. The van der Waals surface area contributed by atoms with Crippen LogP contribution >= 0.6 is 0 Å². The fraction of sp³-hybridized carbons (Fsp3) is 0.750. The number of ether oxygens (including phenoxy) is 1. The van der Waals surface area contributed by atoms with Crippen molar-refractivity contribution in [1.29, 1.82) is 0 Å². The number of aromatic nitrogens is 2. The first-order valence-electron chi connectivity index (χ1n) is 8.35. The summed E-state index contributed by atoms with van der Waals surface area (Å²) in [5.41, 5.74) is 2.20. The van der Waals surface area contributed by atoms with E-state index in [4.69, 9.17) is 4.74 Å². The molecule has 0 bridgehead atoms. The highest BCUT2D eigenvalue weighted by molar-refractivity contribution is 5.75. The minimum Gasteiger partial charge on any atom is -0.373 e. The summed E-state index contributed by atoms with van der Waals surface area (Å²) in [6, 6.07) is 2.35. The number of hydrogen-bond donors (Lipinski definition) is 1. The predicted molar refractivity (Wildman–Crippen MR) is 81.6 cm³/mol. The van der Waals surface area contributed by atoms with Gasteiger partial charge in [-0.1, -0.05) is 0 Å². The van der Waals surface area contributed by atoms with Crippen molar-refractivity contribution in [2.24, 2.45) is 0 Å². The third kappa shape index (κ3) is 2.49. The van der Waals surface area contributed by atoms with Crippen LogP contribution in [0.1, 0.15) is 50.4 Å². The molecule has 1 aromatic heterocycles. The Labute approximate surface area is 130 Å². The monoisotopic (exact) mass is 304 g/mol. The first-order valence-corrected chi connectivity index (χ1v) is 8.35. The first kappa shape index (κ1) is 14.1. The summed E-state index contributed by atoms with van der Waals surface area (Å²) in [4.78, 5) is 14.3. The van der Waals surface area contributed by atoms with Crippen LogP contribution in [-0.2, 0) is 17.8 Å². The molecule has 2 atom stereocenters. The van der Waals surface area contributed by atoms with E-state index in [9.17, 15) is 4.79 Å². The Morgan fingerprint density at radius 3 is 3.05 bits per heavy atom. The second kappa shape index (κ2) is 4.98. The van der Waals surface area contributed by atoms with Crippen LogP contribution in [0, 0.1) is 0 Å². The minimum absolute atomic E-state index is 0.0221. The van der Waals surface area contributed by atoms with Gasteiger partial charge in [0.1, 0.15) is 0 Å². The molecule has 2 heterocycles. The van der Waals surface area contributed by atoms with E-state index in [0.717, 1.165) is 25.2 Å². The molecular weight excluding hydrogens is 280 g/mol. The van der Waals surface area contributed by atoms with E-state index in [-0.39, 0.29) is 17.7 Å². The summed E-state index contributed by atoms with van der Waals surface area (Å²) >= 11 is 0. The fourth-order valence-corrected chi connectivity index (χ4v) is 3.32. The van der Waals surface area contributed by atoms with E-state index < -0.39 is 0 Å². The Hall–Kier alpha value is -1.56. The Kier molecular flexibility index (Phi) is 3.18. The molecule has 0 saturated heterocycles. The second-order valence-electron chi connectivity index (χ2n) is 6.93. The van der Waals surface area contributed by atoms with E-state index in [0.29, 0.717) is 19.1 Å². The zero-order valence-electron chi connectivity index (χ0n) is 13.3. The summed E-state index contributed by atoms with van der Waals surface area (Å²) in [7, 11) is 0. The van der Waals surface area contributed by atoms with Crippen molar-refractivity contribution in [3.05, 3.63) is 17.5 Å². The van der Waals surface area contributed by atoms with E-state index in [1.807, 2.05) is 11.8 Å². The maximum absolute atomic E-state index is 12.4. The van der Waals surface area contributed by atoms with E-state index >= 15 is 0 Å². The highest BCUT2D eigenvalue weighted by Gasteiger charge is 2.52. The number of fused-ring (bicyclic) bond motifs is 1. The van der Waals surface area contributed by atoms with Gasteiger partial charge < -0.3 is 15.0 Å². The van der Waals surface area contributed by atoms with Gasteiger partial charge in [-0.2, -0.15) is 5.10 Å². The van der Waals surface area contributed by atoms with Gasteiger partial charge in [-0.15, -0.1) is 0 Å². The van der Waals surface area contributed by atoms with Crippen LogP contribution in [-0.4, -0.2) is 45.5 Å². The fourth-order valence-electron chi connectivity index (χ4n) is 3.32. The van der Waals surface area contributed by atoms with Gasteiger partial charge in [0.15, 0.2) is 0 Å². The Morgan fingerprint density at radius 2 is 2.32 bits per heavy atom. The average Bonchev–Trinajstić information content (AvgIpc) is 3.38. The van der Waals surface area contributed by atoms with Crippen LogP contribution in [0.2, 0.25) is 0 Å². The summed E-state index contributed by atoms with van der Waals surface area (Å²) < 4.78 is 7.75. The molecule has 0 radical (unpaired) electrons. The molecule has 2 saturated carbocycles. The lowest BCUT2D eigenvalue weighted by atomic mass is 10.2. The van der Waals surface area contributed by atoms with Gasteiger partial charge in [0, 0.05) is 25.5 Å². The number of nitrogens with one attached hydrogen (secondary N) is 1. The van der Waals surface area contributed by atoms with Crippen molar-refractivity contribution in [2.75, 3.05) is 13.2 Å². The summed E-state index contributed by atoms with van der Waals surface area (Å²) in [5.74, 6) is 0.666. The van der Waals surface area contributed by atoms with E-state index in [1.54, 1.807) is 0 Å². The largest absolute Gasteiger partial charge is 0.373 e. The highest BCUT2D eigenvalue weighted by Crippen LogP contribution is 2.40. The zero-order valence-corrected chi connectivity index (χ0v) is 13.3. The molecule has 3 aliphatic rings. The molecule has 2 amide bonds. The molecule has 6 heteroatoms. The molecular formula is C16H24N4O2. The molecule has 1 N–H and O–H groups in total.